The Labute approximate surface area is 125 Å². The third-order valence-corrected chi connectivity index (χ3v) is 5.84. The summed E-state index contributed by atoms with van der Waals surface area (Å²) in [5, 5.41) is 12.9. The lowest BCUT2D eigenvalue weighted by Gasteiger charge is -2.43. The van der Waals surface area contributed by atoms with E-state index in [4.69, 9.17) is 5.73 Å². The van der Waals surface area contributed by atoms with Gasteiger partial charge in [-0.25, -0.2) is 0 Å². The van der Waals surface area contributed by atoms with E-state index < -0.39 is 0 Å². The zero-order valence-corrected chi connectivity index (χ0v) is 12.9. The number of nitrogens with two attached hydrogens (primary N) is 1. The summed E-state index contributed by atoms with van der Waals surface area (Å²) in [5.41, 5.74) is 6.65. The fraction of sp³-hybridized carbons (Fsp3) is 0.588. The zero-order valence-electron chi connectivity index (χ0n) is 12.9. The molecular weight excluding hydrogens is 264 g/mol. The van der Waals surface area contributed by atoms with Crippen LogP contribution in [0.1, 0.15) is 50.4 Å². The van der Waals surface area contributed by atoms with Crippen molar-refractivity contribution in [3.8, 4) is 5.75 Å². The minimum Gasteiger partial charge on any atom is -0.506 e. The Kier molecular flexibility index (Phi) is 2.98. The van der Waals surface area contributed by atoms with Crippen molar-refractivity contribution in [1.82, 2.24) is 5.32 Å². The van der Waals surface area contributed by atoms with Gasteiger partial charge in [0.05, 0.1) is 5.69 Å². The van der Waals surface area contributed by atoms with Crippen molar-refractivity contribution in [3.63, 3.8) is 0 Å². The standard InChI is InChI=1S/C17H24N2O2/c1-16(2)11-6-7-17(3,9-11)15(16)19-14(21)10-4-5-12(18)13(20)8-10/h4-5,8,11,15,20H,6-7,9,18H2,1-3H3,(H,19,21). The van der Waals surface area contributed by atoms with Gasteiger partial charge in [-0.15, -0.1) is 0 Å². The molecule has 21 heavy (non-hydrogen) atoms. The number of carbonyl (C=O) groups excluding carboxylic acids is 1. The summed E-state index contributed by atoms with van der Waals surface area (Å²) >= 11 is 0. The molecular formula is C17H24N2O2. The molecule has 0 heterocycles. The molecule has 2 aliphatic carbocycles. The summed E-state index contributed by atoms with van der Waals surface area (Å²) in [6, 6.07) is 4.84. The van der Waals surface area contributed by atoms with Crippen molar-refractivity contribution in [2.24, 2.45) is 16.7 Å². The number of phenols is 1. The molecule has 1 amide bonds. The van der Waals surface area contributed by atoms with Gasteiger partial charge in [-0.1, -0.05) is 20.8 Å². The van der Waals surface area contributed by atoms with Gasteiger partial charge < -0.3 is 16.2 Å². The molecule has 4 N–H and O–H groups in total. The predicted octanol–water partition coefficient (Wildman–Crippen LogP) is 2.92. The zero-order chi connectivity index (χ0) is 15.4. The lowest BCUT2D eigenvalue weighted by molar-refractivity contribution is 0.0737. The Balaban J connectivity index is 1.83. The maximum atomic E-state index is 12.5. The Morgan fingerprint density at radius 2 is 2.10 bits per heavy atom. The van der Waals surface area contributed by atoms with Crippen molar-refractivity contribution in [3.05, 3.63) is 23.8 Å². The highest BCUT2D eigenvalue weighted by Crippen LogP contribution is 2.62. The van der Waals surface area contributed by atoms with Gasteiger partial charge in [-0.05, 0) is 54.2 Å². The molecule has 0 saturated heterocycles. The Bertz CT molecular complexity index is 592. The smallest absolute Gasteiger partial charge is 0.251 e. The molecule has 2 aliphatic rings. The fourth-order valence-electron chi connectivity index (χ4n) is 4.56. The minimum atomic E-state index is -0.128. The molecule has 1 aromatic carbocycles. The van der Waals surface area contributed by atoms with Crippen molar-refractivity contribution in [2.45, 2.75) is 46.1 Å². The van der Waals surface area contributed by atoms with E-state index in [-0.39, 0.29) is 28.5 Å². The molecule has 3 atom stereocenters. The Hall–Kier alpha value is -1.71. The quantitative estimate of drug-likeness (QED) is 0.578. The second-order valence-corrected chi connectivity index (χ2v) is 7.60. The number of nitrogens with one attached hydrogen (secondary N) is 1. The maximum Gasteiger partial charge on any atom is 0.251 e. The van der Waals surface area contributed by atoms with Crippen LogP contribution in [-0.4, -0.2) is 17.1 Å². The van der Waals surface area contributed by atoms with E-state index in [1.54, 1.807) is 12.1 Å². The highest BCUT2D eigenvalue weighted by atomic mass is 16.3. The number of fused-ring (bicyclic) bond motifs is 2. The summed E-state index contributed by atoms with van der Waals surface area (Å²) in [4.78, 5) is 12.5. The number of rotatable bonds is 2. The summed E-state index contributed by atoms with van der Waals surface area (Å²) in [6.45, 7) is 6.80. The van der Waals surface area contributed by atoms with E-state index in [0.29, 0.717) is 17.2 Å². The average molecular weight is 288 g/mol. The van der Waals surface area contributed by atoms with Gasteiger partial charge >= 0.3 is 0 Å². The first-order valence-corrected chi connectivity index (χ1v) is 7.63. The first kappa shape index (κ1) is 14.2. The fourth-order valence-corrected chi connectivity index (χ4v) is 4.56. The van der Waals surface area contributed by atoms with Crippen LogP contribution < -0.4 is 11.1 Å². The van der Waals surface area contributed by atoms with Crippen LogP contribution in [0.4, 0.5) is 5.69 Å². The van der Waals surface area contributed by atoms with Gasteiger partial charge in [0.1, 0.15) is 5.75 Å². The van der Waals surface area contributed by atoms with Crippen LogP contribution in [0.2, 0.25) is 0 Å². The van der Waals surface area contributed by atoms with Crippen LogP contribution in [0, 0.1) is 16.7 Å². The number of anilines is 1. The molecule has 0 aliphatic heterocycles. The number of benzene rings is 1. The molecule has 0 aromatic heterocycles. The van der Waals surface area contributed by atoms with Crippen LogP contribution in [0.25, 0.3) is 0 Å². The van der Waals surface area contributed by atoms with Gasteiger partial charge in [-0.3, -0.25) is 4.79 Å². The number of aromatic hydroxyl groups is 1. The first-order valence-electron chi connectivity index (χ1n) is 7.63. The molecule has 2 saturated carbocycles. The SMILES string of the molecule is CC12CCC(C1)C(C)(C)C2NC(=O)c1ccc(N)c(O)c1. The summed E-state index contributed by atoms with van der Waals surface area (Å²) in [7, 11) is 0. The molecule has 114 valence electrons. The van der Waals surface area contributed by atoms with Gasteiger partial charge in [0, 0.05) is 11.6 Å². The second kappa shape index (κ2) is 4.39. The third-order valence-electron chi connectivity index (χ3n) is 5.84. The van der Waals surface area contributed by atoms with E-state index in [1.165, 1.54) is 25.3 Å². The van der Waals surface area contributed by atoms with Crippen molar-refractivity contribution in [1.29, 1.82) is 0 Å². The van der Waals surface area contributed by atoms with E-state index in [2.05, 4.69) is 26.1 Å². The number of phenolic OH excluding ortho intramolecular Hbond substituents is 1. The predicted molar refractivity (Wildman–Crippen MR) is 83.0 cm³/mol. The van der Waals surface area contributed by atoms with E-state index in [1.807, 2.05) is 0 Å². The number of hydrogen-bond donors (Lipinski definition) is 3. The lowest BCUT2D eigenvalue weighted by atomic mass is 9.68. The molecule has 0 spiro atoms. The van der Waals surface area contributed by atoms with Gasteiger partial charge in [0.15, 0.2) is 0 Å². The number of hydrogen-bond acceptors (Lipinski definition) is 3. The van der Waals surface area contributed by atoms with E-state index >= 15 is 0 Å². The molecule has 0 radical (unpaired) electrons. The minimum absolute atomic E-state index is 0.0407. The molecule has 3 rings (SSSR count). The molecule has 3 unspecified atom stereocenters. The third kappa shape index (κ3) is 2.08. The van der Waals surface area contributed by atoms with Crippen LogP contribution in [-0.2, 0) is 0 Å². The highest BCUT2D eigenvalue weighted by molar-refractivity contribution is 5.95. The second-order valence-electron chi connectivity index (χ2n) is 7.60. The van der Waals surface area contributed by atoms with Gasteiger partial charge in [-0.2, -0.15) is 0 Å². The van der Waals surface area contributed by atoms with Crippen LogP contribution in [0.15, 0.2) is 18.2 Å². The largest absolute Gasteiger partial charge is 0.506 e. The van der Waals surface area contributed by atoms with Crippen LogP contribution in [0.5, 0.6) is 5.75 Å². The summed E-state index contributed by atoms with van der Waals surface area (Å²) in [5.74, 6) is 0.519. The molecule has 4 nitrogen and oxygen atoms in total. The van der Waals surface area contributed by atoms with Crippen molar-refractivity contribution in [2.75, 3.05) is 5.73 Å². The lowest BCUT2D eigenvalue weighted by Crippen LogP contribution is -2.52. The van der Waals surface area contributed by atoms with Crippen LogP contribution in [0.3, 0.4) is 0 Å². The Morgan fingerprint density at radius 1 is 1.38 bits per heavy atom. The highest BCUT2D eigenvalue weighted by Gasteiger charge is 2.59. The molecule has 4 heteroatoms. The van der Waals surface area contributed by atoms with Crippen molar-refractivity contribution < 1.29 is 9.90 Å². The molecule has 2 fully saturated rings. The number of amides is 1. The van der Waals surface area contributed by atoms with Crippen LogP contribution >= 0.6 is 0 Å². The monoisotopic (exact) mass is 288 g/mol. The Morgan fingerprint density at radius 3 is 2.67 bits per heavy atom. The summed E-state index contributed by atoms with van der Waals surface area (Å²) in [6.07, 6.45) is 3.63. The number of carbonyl (C=O) groups is 1. The van der Waals surface area contributed by atoms with E-state index in [9.17, 15) is 9.90 Å². The molecule has 2 bridgehead atoms. The molecule has 1 aromatic rings. The van der Waals surface area contributed by atoms with Gasteiger partial charge in [0.25, 0.3) is 5.91 Å². The van der Waals surface area contributed by atoms with E-state index in [0.717, 1.165) is 0 Å². The summed E-state index contributed by atoms with van der Waals surface area (Å²) < 4.78 is 0. The first-order chi connectivity index (χ1) is 9.74. The normalized spacial score (nSPS) is 33.1. The van der Waals surface area contributed by atoms with Gasteiger partial charge in [0.2, 0.25) is 0 Å². The topological polar surface area (TPSA) is 75.4 Å². The average Bonchev–Trinajstić information content (AvgIpc) is 2.89. The maximum absolute atomic E-state index is 12.5. The van der Waals surface area contributed by atoms with Crippen molar-refractivity contribution >= 4 is 11.6 Å². The number of nitrogen functional groups attached to an aromatic ring is 1.